The molecule has 0 amide bonds. The third-order valence-corrected chi connectivity index (χ3v) is 0. The normalized spacial score (nSPS) is 4.00. The van der Waals surface area contributed by atoms with Gasteiger partial charge in [-0.3, -0.25) is 3.53 Å². The molecule has 0 aliphatic carbocycles. The summed E-state index contributed by atoms with van der Waals surface area (Å²) in [5, 5.41) is 0. The van der Waals surface area contributed by atoms with E-state index in [0.29, 0.717) is 0 Å². The Morgan fingerprint density at radius 3 is 1.17 bits per heavy atom. The SMILES string of the molecule is S=C([S-])[S-].[Rb+].[Rb+]. The van der Waals surface area contributed by atoms with Gasteiger partial charge in [0.2, 0.25) is 0 Å². The molecular formula is CRb2S3. The zero-order valence-electron chi connectivity index (χ0n) is 3.72. The van der Waals surface area contributed by atoms with Crippen LogP contribution in [0.4, 0.5) is 0 Å². The third kappa shape index (κ3) is 24.2. The molecule has 0 aliphatic rings. The van der Waals surface area contributed by atoms with Gasteiger partial charge in [-0.2, -0.15) is 0 Å². The summed E-state index contributed by atoms with van der Waals surface area (Å²) in [7, 11) is 0. The Balaban J connectivity index is -0.0000000450. The van der Waals surface area contributed by atoms with E-state index in [1.807, 2.05) is 0 Å². The van der Waals surface area contributed by atoms with Gasteiger partial charge in [0.25, 0.3) is 0 Å². The Hall–Kier alpha value is 4.14. The van der Waals surface area contributed by atoms with E-state index in [-0.39, 0.29) is 120 Å². The molecule has 0 unspecified atom stereocenters. The molecule has 0 aromatic carbocycles. The van der Waals surface area contributed by atoms with E-state index in [4.69, 9.17) is 0 Å². The minimum Gasteiger partial charge on any atom is -0.570 e. The van der Waals surface area contributed by atoms with Crippen molar-refractivity contribution in [2.45, 2.75) is 0 Å². The Bertz CT molecular complexity index is 31.8. The van der Waals surface area contributed by atoms with Crippen molar-refractivity contribution in [3.8, 4) is 0 Å². The molecule has 0 saturated carbocycles. The van der Waals surface area contributed by atoms with Gasteiger partial charge in [-0.15, -0.1) is 0 Å². The van der Waals surface area contributed by atoms with Crippen LogP contribution in [0.15, 0.2) is 0 Å². The topological polar surface area (TPSA) is 0 Å². The fourth-order valence-electron chi connectivity index (χ4n) is 0. The second-order valence-corrected chi connectivity index (χ2v) is 2.25. The standard InChI is InChI=1S/CH2S3.2Rb/c2-1(3)4;;/h(H2,2,3,4);;/q;2*+1/p-2. The number of rotatable bonds is 0. The minimum absolute atomic E-state index is 0. The second-order valence-electron chi connectivity index (χ2n) is 0.250. The van der Waals surface area contributed by atoms with Gasteiger partial charge in [-0.25, -0.2) is 0 Å². The minimum atomic E-state index is 0. The van der Waals surface area contributed by atoms with Crippen LogP contribution >= 0.6 is 12.2 Å². The van der Waals surface area contributed by atoms with E-state index in [1.165, 1.54) is 0 Å². The fourth-order valence-corrected chi connectivity index (χ4v) is 0. The van der Waals surface area contributed by atoms with E-state index in [9.17, 15) is 0 Å². The van der Waals surface area contributed by atoms with Crippen molar-refractivity contribution in [3.63, 3.8) is 0 Å². The maximum atomic E-state index is 4.17. The van der Waals surface area contributed by atoms with Gasteiger partial charge in [0.05, 0.1) is 0 Å². The average Bonchev–Trinajstić information content (AvgIpc) is 0.811. The zero-order valence-corrected chi connectivity index (χ0v) is 16.0. The molecular weight excluding hydrogens is 279 g/mol. The molecule has 0 aliphatic heterocycles. The van der Waals surface area contributed by atoms with Crippen LogP contribution in [0, 0.1) is 0 Å². The van der Waals surface area contributed by atoms with Crippen molar-refractivity contribution in [1.82, 2.24) is 0 Å². The third-order valence-electron chi connectivity index (χ3n) is 0. The van der Waals surface area contributed by atoms with E-state index in [2.05, 4.69) is 37.5 Å². The summed E-state index contributed by atoms with van der Waals surface area (Å²) in [5.74, 6) is 0. The summed E-state index contributed by atoms with van der Waals surface area (Å²) in [4.78, 5) is 0. The van der Waals surface area contributed by atoms with Crippen molar-refractivity contribution in [3.05, 3.63) is 0 Å². The first-order chi connectivity index (χ1) is 1.73. The van der Waals surface area contributed by atoms with Gasteiger partial charge in [-0.05, 0) is 0 Å². The predicted octanol–water partition coefficient (Wildman–Crippen LogP) is -5.63. The number of thiocarbonyl (C=S) groups is 1. The molecule has 0 N–H and O–H groups in total. The van der Waals surface area contributed by atoms with Crippen molar-refractivity contribution < 1.29 is 116 Å². The van der Waals surface area contributed by atoms with E-state index >= 15 is 0 Å². The monoisotopic (exact) mass is 278 g/mol. The first-order valence-corrected chi connectivity index (χ1v) is 1.84. The van der Waals surface area contributed by atoms with Crippen LogP contribution in [0.5, 0.6) is 0 Å². The molecule has 0 fully saturated rings. The quantitative estimate of drug-likeness (QED) is 0.321. The summed E-state index contributed by atoms with van der Waals surface area (Å²) in [6, 6.07) is 0. The van der Waals surface area contributed by atoms with Gasteiger partial charge in [0.1, 0.15) is 0 Å². The van der Waals surface area contributed by atoms with Crippen LogP contribution in [0.2, 0.25) is 0 Å². The molecule has 0 heterocycles. The molecule has 0 aromatic rings. The first-order valence-electron chi connectivity index (χ1n) is 0.612. The van der Waals surface area contributed by atoms with Gasteiger partial charge in [-0.1, -0.05) is 0 Å². The van der Waals surface area contributed by atoms with Crippen LogP contribution in [0.3, 0.4) is 0 Å². The number of hydrogen-bond acceptors (Lipinski definition) is 3. The molecule has 0 atom stereocenters. The Labute approximate surface area is 152 Å². The Morgan fingerprint density at radius 1 is 1.17 bits per heavy atom. The molecule has 0 radical (unpaired) electrons. The molecule has 0 bridgehead atoms. The molecule has 0 saturated heterocycles. The molecule has 0 rings (SSSR count). The van der Waals surface area contributed by atoms with E-state index in [0.717, 1.165) is 0 Å². The van der Waals surface area contributed by atoms with Crippen LogP contribution in [-0.4, -0.2) is 3.53 Å². The fraction of sp³-hybridized carbons (Fsp3) is 0. The van der Waals surface area contributed by atoms with Crippen LogP contribution in [-0.2, 0) is 25.3 Å². The van der Waals surface area contributed by atoms with Crippen molar-refractivity contribution >= 4 is 41.0 Å². The van der Waals surface area contributed by atoms with E-state index in [1.54, 1.807) is 0 Å². The Morgan fingerprint density at radius 2 is 1.17 bits per heavy atom. The summed E-state index contributed by atoms with van der Waals surface area (Å²) in [6.45, 7) is 0. The zero-order chi connectivity index (χ0) is 3.58. The summed E-state index contributed by atoms with van der Waals surface area (Å²) in [6.07, 6.45) is 0. The summed E-state index contributed by atoms with van der Waals surface area (Å²) in [5.41, 5.74) is 0. The summed E-state index contributed by atoms with van der Waals surface area (Å²) >= 11 is 12.5. The van der Waals surface area contributed by atoms with Crippen LogP contribution < -0.4 is 116 Å². The predicted molar refractivity (Wildman–Crippen MR) is 27.3 cm³/mol. The van der Waals surface area contributed by atoms with Crippen molar-refractivity contribution in [1.29, 1.82) is 0 Å². The van der Waals surface area contributed by atoms with Crippen molar-refractivity contribution in [2.24, 2.45) is 0 Å². The molecule has 0 nitrogen and oxygen atoms in total. The average molecular weight is 279 g/mol. The van der Waals surface area contributed by atoms with E-state index < -0.39 is 0 Å². The van der Waals surface area contributed by atoms with Crippen molar-refractivity contribution in [2.75, 3.05) is 0 Å². The summed E-state index contributed by atoms with van der Waals surface area (Å²) < 4.78 is 0.167. The second kappa shape index (κ2) is 11.9. The first kappa shape index (κ1) is 16.6. The molecule has 0 spiro atoms. The van der Waals surface area contributed by atoms with Gasteiger partial charge < -0.3 is 37.5 Å². The maximum Gasteiger partial charge on any atom is 1.00 e. The molecule has 5 heteroatoms. The number of hydrogen-bond donors (Lipinski definition) is 0. The maximum absolute atomic E-state index is 4.17. The van der Waals surface area contributed by atoms with Gasteiger partial charge in [0.15, 0.2) is 0 Å². The van der Waals surface area contributed by atoms with Crippen LogP contribution in [0.25, 0.3) is 0 Å². The largest absolute Gasteiger partial charge is 1.00 e. The van der Waals surface area contributed by atoms with Gasteiger partial charge >= 0.3 is 116 Å². The molecule has 24 valence electrons. The Kier molecular flexibility index (Phi) is 32.9. The smallest absolute Gasteiger partial charge is 0.570 e. The molecule has 6 heavy (non-hydrogen) atoms. The van der Waals surface area contributed by atoms with Gasteiger partial charge in [0, 0.05) is 0 Å². The van der Waals surface area contributed by atoms with Crippen LogP contribution in [0.1, 0.15) is 0 Å². The molecule has 0 aromatic heterocycles.